The normalized spacial score (nSPS) is 22.5. The zero-order chi connectivity index (χ0) is 19.3. The lowest BCUT2D eigenvalue weighted by molar-refractivity contribution is -0.120. The van der Waals surface area contributed by atoms with E-state index in [-0.39, 0.29) is 11.5 Å². The highest BCUT2D eigenvalue weighted by molar-refractivity contribution is 5.76. The second-order valence-corrected chi connectivity index (χ2v) is 8.57. The molecule has 28 heavy (non-hydrogen) atoms. The Morgan fingerprint density at radius 2 is 1.71 bits per heavy atom. The number of carbonyl (C=O) groups is 1. The molecule has 7 heteroatoms. The van der Waals surface area contributed by atoms with E-state index in [0.29, 0.717) is 12.3 Å². The third-order valence-electron chi connectivity index (χ3n) is 6.55. The minimum absolute atomic E-state index is 0.0763. The Hall–Kier alpha value is -1.73. The molecule has 2 aliphatic heterocycles. The number of fused-ring (bicyclic) bond motifs is 1. The number of amides is 1. The van der Waals surface area contributed by atoms with Gasteiger partial charge in [0.25, 0.3) is 5.56 Å². The molecule has 0 aromatic carbocycles. The van der Waals surface area contributed by atoms with E-state index in [9.17, 15) is 9.59 Å². The fourth-order valence-electron chi connectivity index (χ4n) is 4.69. The van der Waals surface area contributed by atoms with Crippen LogP contribution in [0.3, 0.4) is 0 Å². The number of nitrogens with one attached hydrogen (secondary N) is 1. The molecule has 1 aliphatic carbocycles. The summed E-state index contributed by atoms with van der Waals surface area (Å²) in [7, 11) is 0. The van der Waals surface area contributed by atoms with Crippen molar-refractivity contribution in [1.82, 2.24) is 24.9 Å². The van der Waals surface area contributed by atoms with Gasteiger partial charge < -0.3 is 10.2 Å². The van der Waals surface area contributed by atoms with Crippen LogP contribution in [0.25, 0.3) is 0 Å². The van der Waals surface area contributed by atoms with E-state index >= 15 is 0 Å². The van der Waals surface area contributed by atoms with Gasteiger partial charge in [-0.05, 0) is 63.1 Å². The van der Waals surface area contributed by atoms with Crippen molar-refractivity contribution in [1.29, 1.82) is 0 Å². The van der Waals surface area contributed by atoms with Gasteiger partial charge in [-0.3, -0.25) is 14.5 Å². The lowest BCUT2D eigenvalue weighted by atomic mass is 9.96. The maximum Gasteiger partial charge on any atom is 0.267 e. The summed E-state index contributed by atoms with van der Waals surface area (Å²) in [5.74, 6) is 0.720. The SMILES string of the molecule is O=C1CCN(CCN2CCC(Cn3nc4c(cc3=O)CCCC4)CC2)CCN1. The quantitative estimate of drug-likeness (QED) is 0.804. The van der Waals surface area contributed by atoms with Crippen LogP contribution < -0.4 is 10.9 Å². The molecule has 2 saturated heterocycles. The molecule has 0 atom stereocenters. The van der Waals surface area contributed by atoms with E-state index in [0.717, 1.165) is 83.7 Å². The maximum atomic E-state index is 12.4. The zero-order valence-corrected chi connectivity index (χ0v) is 16.9. The molecular weight excluding hydrogens is 354 g/mol. The van der Waals surface area contributed by atoms with Crippen molar-refractivity contribution >= 4 is 5.91 Å². The predicted octanol–water partition coefficient (Wildman–Crippen LogP) is 0.656. The molecule has 154 valence electrons. The fraction of sp³-hybridized carbons (Fsp3) is 0.762. The average Bonchev–Trinajstić information content (AvgIpc) is 2.92. The summed E-state index contributed by atoms with van der Waals surface area (Å²) in [6.07, 6.45) is 7.28. The van der Waals surface area contributed by atoms with Gasteiger partial charge in [-0.1, -0.05) is 0 Å². The summed E-state index contributed by atoms with van der Waals surface area (Å²) >= 11 is 0. The van der Waals surface area contributed by atoms with Gasteiger partial charge in [0.2, 0.25) is 5.91 Å². The van der Waals surface area contributed by atoms with E-state index in [1.54, 1.807) is 4.68 Å². The highest BCUT2D eigenvalue weighted by atomic mass is 16.1. The molecule has 4 rings (SSSR count). The van der Waals surface area contributed by atoms with Crippen LogP contribution in [0.4, 0.5) is 0 Å². The summed E-state index contributed by atoms with van der Waals surface area (Å²) in [5, 5.41) is 7.63. The third-order valence-corrected chi connectivity index (χ3v) is 6.55. The molecular formula is C21H33N5O2. The molecule has 2 fully saturated rings. The number of hydrogen-bond donors (Lipinski definition) is 1. The maximum absolute atomic E-state index is 12.4. The summed E-state index contributed by atoms with van der Waals surface area (Å²) < 4.78 is 1.73. The number of nitrogens with zero attached hydrogens (tertiary/aromatic N) is 4. The van der Waals surface area contributed by atoms with Crippen molar-refractivity contribution in [3.05, 3.63) is 27.7 Å². The van der Waals surface area contributed by atoms with Gasteiger partial charge in [0, 0.05) is 51.8 Å². The Morgan fingerprint density at radius 3 is 2.54 bits per heavy atom. The largest absolute Gasteiger partial charge is 0.355 e. The van der Waals surface area contributed by atoms with Crippen LogP contribution in [0, 0.1) is 5.92 Å². The van der Waals surface area contributed by atoms with Gasteiger partial charge in [-0.2, -0.15) is 5.10 Å². The van der Waals surface area contributed by atoms with Crippen molar-refractivity contribution in [2.24, 2.45) is 5.92 Å². The van der Waals surface area contributed by atoms with Crippen LogP contribution in [0.15, 0.2) is 10.9 Å². The van der Waals surface area contributed by atoms with E-state index < -0.39 is 0 Å². The summed E-state index contributed by atoms with van der Waals surface area (Å²) in [4.78, 5) is 28.8. The number of hydrogen-bond acceptors (Lipinski definition) is 5. The van der Waals surface area contributed by atoms with Crippen LogP contribution in [-0.4, -0.2) is 71.3 Å². The number of aromatic nitrogens is 2. The Bertz CT molecular complexity index is 739. The van der Waals surface area contributed by atoms with Crippen molar-refractivity contribution in [3.63, 3.8) is 0 Å². The Balaban J connectivity index is 1.23. The average molecular weight is 388 g/mol. The molecule has 0 unspecified atom stereocenters. The van der Waals surface area contributed by atoms with Crippen LogP contribution in [0.2, 0.25) is 0 Å². The zero-order valence-electron chi connectivity index (χ0n) is 16.9. The van der Waals surface area contributed by atoms with Crippen LogP contribution >= 0.6 is 0 Å². The second-order valence-electron chi connectivity index (χ2n) is 8.57. The van der Waals surface area contributed by atoms with Crippen LogP contribution in [-0.2, 0) is 24.2 Å². The Morgan fingerprint density at radius 1 is 0.964 bits per heavy atom. The minimum atomic E-state index is 0.0763. The molecule has 1 N–H and O–H groups in total. The third kappa shape index (κ3) is 5.00. The molecule has 0 bridgehead atoms. The van der Waals surface area contributed by atoms with E-state index in [1.807, 2.05) is 6.07 Å². The van der Waals surface area contributed by atoms with Crippen molar-refractivity contribution in [2.75, 3.05) is 45.8 Å². The van der Waals surface area contributed by atoms with Crippen molar-refractivity contribution in [2.45, 2.75) is 51.5 Å². The van der Waals surface area contributed by atoms with E-state index in [4.69, 9.17) is 0 Å². The number of rotatable bonds is 5. The van der Waals surface area contributed by atoms with Crippen molar-refractivity contribution < 1.29 is 4.79 Å². The van der Waals surface area contributed by atoms with E-state index in [2.05, 4.69) is 20.2 Å². The summed E-state index contributed by atoms with van der Waals surface area (Å²) in [6, 6.07) is 1.83. The van der Waals surface area contributed by atoms with Crippen molar-refractivity contribution in [3.8, 4) is 0 Å². The van der Waals surface area contributed by atoms with E-state index in [1.165, 1.54) is 18.4 Å². The number of piperidine rings is 1. The summed E-state index contributed by atoms with van der Waals surface area (Å²) in [6.45, 7) is 7.64. The molecule has 0 saturated carbocycles. The van der Waals surface area contributed by atoms with Gasteiger partial charge >= 0.3 is 0 Å². The first-order chi connectivity index (χ1) is 13.7. The van der Waals surface area contributed by atoms with Gasteiger partial charge in [0.05, 0.1) is 5.69 Å². The monoisotopic (exact) mass is 387 g/mol. The standard InChI is InChI=1S/C21H33N5O2/c27-20-7-11-25(12-8-22-20)14-13-24-9-5-17(6-10-24)16-26-21(28)15-18-3-1-2-4-19(18)23-26/h15,17H,1-14,16H2,(H,22,27). The highest BCUT2D eigenvalue weighted by Crippen LogP contribution is 2.20. The highest BCUT2D eigenvalue weighted by Gasteiger charge is 2.22. The first-order valence-corrected chi connectivity index (χ1v) is 11.0. The Kier molecular flexibility index (Phi) is 6.42. The van der Waals surface area contributed by atoms with Gasteiger partial charge in [-0.15, -0.1) is 0 Å². The lowest BCUT2D eigenvalue weighted by Gasteiger charge is -2.33. The number of likely N-dealkylation sites (tertiary alicyclic amines) is 1. The smallest absolute Gasteiger partial charge is 0.267 e. The molecule has 1 aromatic heterocycles. The van der Waals surface area contributed by atoms with Gasteiger partial charge in [0.15, 0.2) is 0 Å². The van der Waals surface area contributed by atoms with Gasteiger partial charge in [-0.25, -0.2) is 4.68 Å². The van der Waals surface area contributed by atoms with Crippen LogP contribution in [0.5, 0.6) is 0 Å². The summed E-state index contributed by atoms with van der Waals surface area (Å²) in [5.41, 5.74) is 2.40. The van der Waals surface area contributed by atoms with Gasteiger partial charge in [0.1, 0.15) is 0 Å². The molecule has 0 radical (unpaired) electrons. The molecule has 3 heterocycles. The lowest BCUT2D eigenvalue weighted by Crippen LogP contribution is -2.41. The second kappa shape index (κ2) is 9.18. The molecule has 1 amide bonds. The minimum Gasteiger partial charge on any atom is -0.355 e. The molecule has 1 aromatic rings. The predicted molar refractivity (Wildman–Crippen MR) is 108 cm³/mol. The fourth-order valence-corrected chi connectivity index (χ4v) is 4.69. The Labute approximate surface area is 167 Å². The topological polar surface area (TPSA) is 70.5 Å². The van der Waals surface area contributed by atoms with Crippen LogP contribution in [0.1, 0.15) is 43.4 Å². The first-order valence-electron chi connectivity index (χ1n) is 11.0. The number of aryl methyl sites for hydroxylation is 2. The molecule has 7 nitrogen and oxygen atoms in total. The molecule has 3 aliphatic rings. The molecule has 0 spiro atoms. The number of carbonyl (C=O) groups excluding carboxylic acids is 1. The first kappa shape index (κ1) is 19.6.